The largest absolute Gasteiger partial charge is 0.463 e. The fourth-order valence-corrected chi connectivity index (χ4v) is 5.13. The summed E-state index contributed by atoms with van der Waals surface area (Å²) in [5, 5.41) is 0. The van der Waals surface area contributed by atoms with Gasteiger partial charge in [0.15, 0.2) is 0 Å². The zero-order valence-electron chi connectivity index (χ0n) is 21.9. The van der Waals surface area contributed by atoms with Crippen molar-refractivity contribution in [2.75, 3.05) is 38.7 Å². The van der Waals surface area contributed by atoms with Gasteiger partial charge in [-0.25, -0.2) is 13.6 Å². The van der Waals surface area contributed by atoms with Crippen molar-refractivity contribution in [2.45, 2.75) is 90.5 Å². The van der Waals surface area contributed by atoms with Gasteiger partial charge in [0.05, 0.1) is 24.2 Å². The minimum absolute atomic E-state index is 0.0991. The van der Waals surface area contributed by atoms with E-state index in [2.05, 4.69) is 16.8 Å². The van der Waals surface area contributed by atoms with E-state index in [0.717, 1.165) is 43.6 Å². The van der Waals surface area contributed by atoms with Crippen molar-refractivity contribution in [3.8, 4) is 6.01 Å². The molecular formula is C25H39F2N5O3. The molecule has 0 N–H and O–H groups in total. The highest BCUT2D eigenvalue weighted by Gasteiger charge is 2.71. The number of carbonyl (C=O) groups is 1. The van der Waals surface area contributed by atoms with Crippen LogP contribution in [0.3, 0.4) is 0 Å². The fourth-order valence-electron chi connectivity index (χ4n) is 5.13. The Morgan fingerprint density at radius 3 is 2.51 bits per heavy atom. The molecule has 0 bridgehead atoms. The van der Waals surface area contributed by atoms with Gasteiger partial charge in [-0.15, -0.1) is 0 Å². The highest BCUT2D eigenvalue weighted by molar-refractivity contribution is 5.70. The second kappa shape index (κ2) is 9.33. The molecule has 0 spiro atoms. The van der Waals surface area contributed by atoms with Gasteiger partial charge in [0, 0.05) is 31.1 Å². The fraction of sp³-hybridized carbons (Fsp3) is 0.800. The van der Waals surface area contributed by atoms with Gasteiger partial charge in [0.25, 0.3) is 5.92 Å². The second-order valence-corrected chi connectivity index (χ2v) is 11.7. The molecule has 3 aliphatic rings. The van der Waals surface area contributed by atoms with Crippen molar-refractivity contribution in [1.29, 1.82) is 0 Å². The van der Waals surface area contributed by atoms with E-state index in [9.17, 15) is 13.6 Å². The molecule has 35 heavy (non-hydrogen) atoms. The molecule has 1 amide bonds. The number of anilines is 1. The van der Waals surface area contributed by atoms with Crippen molar-refractivity contribution >= 4 is 11.9 Å². The lowest BCUT2D eigenvalue weighted by Crippen LogP contribution is -2.35. The first-order chi connectivity index (χ1) is 16.3. The summed E-state index contributed by atoms with van der Waals surface area (Å²) in [6.45, 7) is 9.24. The number of alkyl halides is 2. The maximum Gasteiger partial charge on any atom is 0.410 e. The molecule has 3 heterocycles. The first kappa shape index (κ1) is 25.9. The Bertz CT molecular complexity index is 952. The van der Waals surface area contributed by atoms with Gasteiger partial charge in [-0.2, -0.15) is 9.97 Å². The smallest absolute Gasteiger partial charge is 0.410 e. The highest BCUT2D eigenvalue weighted by Crippen LogP contribution is 2.60. The summed E-state index contributed by atoms with van der Waals surface area (Å²) >= 11 is 0. The molecule has 2 atom stereocenters. The molecule has 0 aromatic carbocycles. The maximum atomic E-state index is 14.3. The average molecular weight is 496 g/mol. The topological polar surface area (TPSA) is 71.0 Å². The SMILES string of the molecule is CC1CCCCCN1c1nc(OC[C@]2(CN(C)C)CC2(F)F)nc2c1CN(C(=O)OC(C)(C)C)C2. The molecule has 1 aromatic heterocycles. The average Bonchev–Trinajstić information content (AvgIpc) is 3.10. The van der Waals surface area contributed by atoms with E-state index in [1.165, 1.54) is 0 Å². The van der Waals surface area contributed by atoms with E-state index in [1.54, 1.807) is 23.9 Å². The van der Waals surface area contributed by atoms with E-state index in [-0.39, 0.29) is 38.2 Å². The third kappa shape index (κ3) is 5.62. The number of nitrogens with zero attached hydrogens (tertiary/aromatic N) is 5. The van der Waals surface area contributed by atoms with Crippen LogP contribution in [0.5, 0.6) is 6.01 Å². The number of hydrogen-bond donors (Lipinski definition) is 0. The van der Waals surface area contributed by atoms with Crippen LogP contribution < -0.4 is 9.64 Å². The van der Waals surface area contributed by atoms with Crippen molar-refractivity contribution in [2.24, 2.45) is 5.41 Å². The van der Waals surface area contributed by atoms with Crippen LogP contribution in [0.1, 0.15) is 71.1 Å². The Morgan fingerprint density at radius 1 is 1.17 bits per heavy atom. The van der Waals surface area contributed by atoms with Crippen molar-refractivity contribution in [3.63, 3.8) is 0 Å². The van der Waals surface area contributed by atoms with Crippen LogP contribution in [0.4, 0.5) is 19.4 Å². The standard InChI is InChI=1S/C25H39F2N5O3/c1-17-10-8-7-9-11-32(17)20-18-12-31(22(33)35-23(2,3)4)13-19(18)28-21(29-20)34-16-24(15-30(5)6)14-25(24,26)27/h17H,7-16H2,1-6H3/t17?,24-/m1/s1. The minimum atomic E-state index is -2.76. The number of fused-ring (bicyclic) bond motifs is 1. The van der Waals surface area contributed by atoms with Gasteiger partial charge in [-0.05, 0) is 54.6 Å². The van der Waals surface area contributed by atoms with E-state index in [4.69, 9.17) is 14.5 Å². The molecule has 2 aliphatic heterocycles. The monoisotopic (exact) mass is 495 g/mol. The van der Waals surface area contributed by atoms with Gasteiger partial charge in [-0.3, -0.25) is 4.90 Å². The van der Waals surface area contributed by atoms with Gasteiger partial charge >= 0.3 is 12.1 Å². The summed E-state index contributed by atoms with van der Waals surface area (Å²) in [5.74, 6) is -2.02. The molecule has 8 nitrogen and oxygen atoms in total. The Kier molecular flexibility index (Phi) is 6.89. The van der Waals surface area contributed by atoms with Gasteiger partial charge in [0.2, 0.25) is 0 Å². The van der Waals surface area contributed by atoms with Crippen LogP contribution in [-0.4, -0.2) is 77.2 Å². The highest BCUT2D eigenvalue weighted by atomic mass is 19.3. The lowest BCUT2D eigenvalue weighted by atomic mass is 10.1. The van der Waals surface area contributed by atoms with Crippen molar-refractivity contribution in [1.82, 2.24) is 19.8 Å². The lowest BCUT2D eigenvalue weighted by Gasteiger charge is -2.30. The Hall–Kier alpha value is -2.23. The summed E-state index contributed by atoms with van der Waals surface area (Å²) in [7, 11) is 3.57. The van der Waals surface area contributed by atoms with Gasteiger partial charge in [0.1, 0.15) is 18.0 Å². The van der Waals surface area contributed by atoms with Crippen LogP contribution in [0.25, 0.3) is 0 Å². The number of aromatic nitrogens is 2. The third-order valence-electron chi connectivity index (χ3n) is 7.02. The van der Waals surface area contributed by atoms with Gasteiger partial charge in [-0.1, -0.05) is 12.8 Å². The zero-order chi connectivity index (χ0) is 25.6. The molecular weight excluding hydrogens is 456 g/mol. The molecule has 4 rings (SSSR count). The van der Waals surface area contributed by atoms with Crippen LogP contribution in [-0.2, 0) is 17.8 Å². The van der Waals surface area contributed by atoms with E-state index in [1.807, 2.05) is 20.8 Å². The zero-order valence-corrected chi connectivity index (χ0v) is 21.9. The normalized spacial score (nSPS) is 25.9. The molecule has 1 saturated carbocycles. The molecule has 1 unspecified atom stereocenters. The first-order valence-corrected chi connectivity index (χ1v) is 12.6. The number of amides is 1. The molecule has 0 radical (unpaired) electrons. The van der Waals surface area contributed by atoms with Crippen LogP contribution in [0.15, 0.2) is 0 Å². The molecule has 1 aliphatic carbocycles. The molecule has 1 saturated heterocycles. The van der Waals surface area contributed by atoms with E-state index < -0.39 is 23.0 Å². The first-order valence-electron chi connectivity index (χ1n) is 12.6. The number of rotatable bonds is 6. The molecule has 2 fully saturated rings. The number of halogens is 2. The summed E-state index contributed by atoms with van der Waals surface area (Å²) in [5.41, 5.74) is -0.255. The van der Waals surface area contributed by atoms with E-state index in [0.29, 0.717) is 12.2 Å². The van der Waals surface area contributed by atoms with Crippen LogP contribution >= 0.6 is 0 Å². The summed E-state index contributed by atoms with van der Waals surface area (Å²) in [4.78, 5) is 27.7. The maximum absolute atomic E-state index is 14.3. The molecule has 1 aromatic rings. The Morgan fingerprint density at radius 2 is 1.89 bits per heavy atom. The Balaban J connectivity index is 1.61. The third-order valence-corrected chi connectivity index (χ3v) is 7.02. The minimum Gasteiger partial charge on any atom is -0.463 e. The summed E-state index contributed by atoms with van der Waals surface area (Å²) < 4.78 is 40.0. The summed E-state index contributed by atoms with van der Waals surface area (Å²) in [6.07, 6.45) is 3.79. The van der Waals surface area contributed by atoms with Crippen LogP contribution in [0, 0.1) is 5.41 Å². The van der Waals surface area contributed by atoms with Crippen LogP contribution in [0.2, 0.25) is 0 Å². The lowest BCUT2D eigenvalue weighted by molar-refractivity contribution is 0.0237. The number of carbonyl (C=O) groups excluding carboxylic acids is 1. The van der Waals surface area contributed by atoms with E-state index >= 15 is 0 Å². The predicted octanol–water partition coefficient (Wildman–Crippen LogP) is 4.46. The molecule has 10 heteroatoms. The van der Waals surface area contributed by atoms with Crippen molar-refractivity contribution < 1.29 is 23.0 Å². The molecule has 196 valence electrons. The quantitative estimate of drug-likeness (QED) is 0.577. The summed E-state index contributed by atoms with van der Waals surface area (Å²) in [6, 6.07) is 0.370. The number of ether oxygens (including phenoxy) is 2. The van der Waals surface area contributed by atoms with Gasteiger partial charge < -0.3 is 19.3 Å². The Labute approximate surface area is 207 Å². The van der Waals surface area contributed by atoms with Crippen molar-refractivity contribution in [3.05, 3.63) is 11.3 Å². The second-order valence-electron chi connectivity index (χ2n) is 11.7. The number of hydrogen-bond acceptors (Lipinski definition) is 7. The predicted molar refractivity (Wildman–Crippen MR) is 129 cm³/mol.